The Kier molecular flexibility index (Phi) is 9.00. The molecule has 21 heavy (non-hydrogen) atoms. The zero-order chi connectivity index (χ0) is 16.4. The summed E-state index contributed by atoms with van der Waals surface area (Å²) in [4.78, 5) is 18.2. The molecule has 0 aromatic heterocycles. The van der Waals surface area contributed by atoms with E-state index in [0.29, 0.717) is 6.04 Å². The number of hydrogen-bond acceptors (Lipinski definition) is 4. The van der Waals surface area contributed by atoms with E-state index in [4.69, 9.17) is 24.5 Å². The van der Waals surface area contributed by atoms with E-state index >= 15 is 0 Å². The van der Waals surface area contributed by atoms with Gasteiger partial charge in [-0.25, -0.2) is 9.59 Å². The lowest BCUT2D eigenvalue weighted by Crippen LogP contribution is -2.29. The number of carboxylic acids is 2. The van der Waals surface area contributed by atoms with E-state index in [9.17, 15) is 0 Å². The number of nitrogens with one attached hydrogen (secondary N) is 1. The van der Waals surface area contributed by atoms with E-state index in [1.807, 2.05) is 0 Å². The number of methoxy groups -OCH3 is 1. The smallest absolute Gasteiger partial charge is 0.414 e. The minimum atomic E-state index is -1.82. The molecule has 0 spiro atoms. The van der Waals surface area contributed by atoms with Crippen LogP contribution in [0.25, 0.3) is 0 Å². The second-order valence-corrected chi connectivity index (χ2v) is 4.78. The maximum Gasteiger partial charge on any atom is 0.414 e. The van der Waals surface area contributed by atoms with E-state index in [1.165, 1.54) is 16.7 Å². The first-order valence-electron chi connectivity index (χ1n) is 6.52. The molecule has 0 fully saturated rings. The summed E-state index contributed by atoms with van der Waals surface area (Å²) < 4.78 is 5.08. The first kappa shape index (κ1) is 19.1. The van der Waals surface area contributed by atoms with Crippen LogP contribution in [0.1, 0.15) is 23.6 Å². The summed E-state index contributed by atoms with van der Waals surface area (Å²) in [6.45, 7) is 8.08. The van der Waals surface area contributed by atoms with Crippen LogP contribution in [0.2, 0.25) is 0 Å². The summed E-state index contributed by atoms with van der Waals surface area (Å²) in [5, 5.41) is 18.2. The highest BCUT2D eigenvalue weighted by Crippen LogP contribution is 2.10. The molecular formula is C15H23NO5. The highest BCUT2D eigenvalue weighted by Gasteiger charge is 2.04. The van der Waals surface area contributed by atoms with Gasteiger partial charge in [-0.15, -0.1) is 0 Å². The van der Waals surface area contributed by atoms with Crippen LogP contribution in [0.5, 0.6) is 0 Å². The lowest BCUT2D eigenvalue weighted by Gasteiger charge is -2.14. The van der Waals surface area contributed by atoms with Gasteiger partial charge in [-0.2, -0.15) is 0 Å². The van der Waals surface area contributed by atoms with Crippen LogP contribution in [0.15, 0.2) is 18.2 Å². The number of aliphatic carboxylic acids is 2. The van der Waals surface area contributed by atoms with Crippen LogP contribution in [-0.2, 0) is 20.9 Å². The predicted molar refractivity (Wildman–Crippen MR) is 79.4 cm³/mol. The molecule has 1 atom stereocenters. The van der Waals surface area contributed by atoms with Crippen molar-refractivity contribution >= 4 is 11.9 Å². The summed E-state index contributed by atoms with van der Waals surface area (Å²) in [6, 6.07) is 6.97. The number of carbonyl (C=O) groups is 2. The van der Waals surface area contributed by atoms with Gasteiger partial charge in [-0.05, 0) is 31.9 Å². The van der Waals surface area contributed by atoms with Gasteiger partial charge in [-0.1, -0.05) is 23.8 Å². The Labute approximate surface area is 124 Å². The Hall–Kier alpha value is -1.92. The minimum absolute atomic E-state index is 0.399. The summed E-state index contributed by atoms with van der Waals surface area (Å²) in [6.07, 6.45) is 0. The Bertz CT molecular complexity index is 461. The average molecular weight is 297 g/mol. The van der Waals surface area contributed by atoms with Gasteiger partial charge in [0, 0.05) is 19.7 Å². The summed E-state index contributed by atoms with van der Waals surface area (Å²) >= 11 is 0. The number of ether oxygens (including phenoxy) is 1. The van der Waals surface area contributed by atoms with Gasteiger partial charge in [0.05, 0.1) is 6.61 Å². The second-order valence-electron chi connectivity index (χ2n) is 4.78. The molecule has 0 bridgehead atoms. The molecule has 6 nitrogen and oxygen atoms in total. The Balaban J connectivity index is 0.000000567. The molecule has 0 aliphatic carbocycles. The zero-order valence-corrected chi connectivity index (χ0v) is 12.8. The summed E-state index contributed by atoms with van der Waals surface area (Å²) in [7, 11) is 1.73. The normalized spacial score (nSPS) is 11.2. The largest absolute Gasteiger partial charge is 0.473 e. The van der Waals surface area contributed by atoms with Gasteiger partial charge in [0.1, 0.15) is 0 Å². The third kappa shape index (κ3) is 8.78. The summed E-state index contributed by atoms with van der Waals surface area (Å²) in [5.41, 5.74) is 4.04. The third-order valence-electron chi connectivity index (χ3n) is 2.74. The van der Waals surface area contributed by atoms with E-state index in [2.05, 4.69) is 44.3 Å². The monoisotopic (exact) mass is 297 g/mol. The third-order valence-corrected chi connectivity index (χ3v) is 2.74. The Morgan fingerprint density at radius 2 is 1.81 bits per heavy atom. The van der Waals surface area contributed by atoms with Crippen LogP contribution in [0, 0.1) is 13.8 Å². The number of hydrogen-bond donors (Lipinski definition) is 3. The number of rotatable bonds is 5. The Morgan fingerprint density at radius 3 is 2.24 bits per heavy atom. The minimum Gasteiger partial charge on any atom is -0.473 e. The number of aryl methyl sites for hydroxylation is 2. The van der Waals surface area contributed by atoms with Gasteiger partial charge in [-0.3, -0.25) is 0 Å². The molecule has 1 unspecified atom stereocenters. The lowest BCUT2D eigenvalue weighted by molar-refractivity contribution is -0.159. The van der Waals surface area contributed by atoms with Crippen LogP contribution in [-0.4, -0.2) is 41.9 Å². The Morgan fingerprint density at radius 1 is 1.24 bits per heavy atom. The van der Waals surface area contributed by atoms with Crippen molar-refractivity contribution in [1.82, 2.24) is 5.32 Å². The van der Waals surface area contributed by atoms with Crippen molar-refractivity contribution in [3.05, 3.63) is 34.9 Å². The standard InChI is InChI=1S/C13H21NO.C2H2O4/c1-10-5-6-13(11(2)7-10)8-14-12(3)9-15-4;3-1(4)2(5)6/h5-7,12,14H,8-9H2,1-4H3;(H,3,4)(H,5,6). The highest BCUT2D eigenvalue weighted by atomic mass is 16.5. The summed E-state index contributed by atoms with van der Waals surface area (Å²) in [5.74, 6) is -3.65. The van der Waals surface area contributed by atoms with Gasteiger partial charge >= 0.3 is 11.9 Å². The number of benzene rings is 1. The molecule has 0 saturated carbocycles. The fourth-order valence-corrected chi connectivity index (χ4v) is 1.64. The van der Waals surface area contributed by atoms with Crippen LogP contribution in [0.3, 0.4) is 0 Å². The molecule has 0 saturated heterocycles. The molecule has 1 aromatic carbocycles. The van der Waals surface area contributed by atoms with Crippen molar-refractivity contribution in [2.75, 3.05) is 13.7 Å². The molecule has 0 amide bonds. The maximum absolute atomic E-state index is 9.10. The second kappa shape index (κ2) is 9.90. The molecule has 0 radical (unpaired) electrons. The quantitative estimate of drug-likeness (QED) is 0.714. The molecule has 6 heteroatoms. The zero-order valence-electron chi connectivity index (χ0n) is 12.8. The van der Waals surface area contributed by atoms with Gasteiger partial charge in [0.15, 0.2) is 0 Å². The van der Waals surface area contributed by atoms with E-state index in [-0.39, 0.29) is 0 Å². The molecule has 0 aliphatic heterocycles. The number of carboxylic acid groups (broad SMARTS) is 2. The van der Waals surface area contributed by atoms with E-state index in [0.717, 1.165) is 13.2 Å². The lowest BCUT2D eigenvalue weighted by atomic mass is 10.1. The average Bonchev–Trinajstić information content (AvgIpc) is 2.38. The van der Waals surface area contributed by atoms with Crippen LogP contribution < -0.4 is 5.32 Å². The van der Waals surface area contributed by atoms with Gasteiger partial charge in [0.2, 0.25) is 0 Å². The van der Waals surface area contributed by atoms with Crippen molar-refractivity contribution in [1.29, 1.82) is 0 Å². The predicted octanol–water partition coefficient (Wildman–Crippen LogP) is 1.58. The molecule has 1 rings (SSSR count). The van der Waals surface area contributed by atoms with Crippen molar-refractivity contribution < 1.29 is 24.5 Å². The fraction of sp³-hybridized carbons (Fsp3) is 0.467. The molecule has 3 N–H and O–H groups in total. The molecular weight excluding hydrogens is 274 g/mol. The highest BCUT2D eigenvalue weighted by molar-refractivity contribution is 6.27. The molecule has 118 valence electrons. The van der Waals surface area contributed by atoms with Gasteiger partial charge < -0.3 is 20.3 Å². The van der Waals surface area contributed by atoms with Crippen molar-refractivity contribution in [2.45, 2.75) is 33.4 Å². The molecule has 0 heterocycles. The SMILES string of the molecule is COCC(C)NCc1ccc(C)cc1C.O=C(O)C(=O)O. The van der Waals surface area contributed by atoms with Crippen molar-refractivity contribution in [3.8, 4) is 0 Å². The fourth-order valence-electron chi connectivity index (χ4n) is 1.64. The maximum atomic E-state index is 9.10. The van der Waals surface area contributed by atoms with Crippen molar-refractivity contribution in [3.63, 3.8) is 0 Å². The van der Waals surface area contributed by atoms with Crippen molar-refractivity contribution in [2.24, 2.45) is 0 Å². The van der Waals surface area contributed by atoms with E-state index in [1.54, 1.807) is 7.11 Å². The topological polar surface area (TPSA) is 95.9 Å². The first-order valence-corrected chi connectivity index (χ1v) is 6.52. The first-order chi connectivity index (χ1) is 9.77. The van der Waals surface area contributed by atoms with Gasteiger partial charge in [0.25, 0.3) is 0 Å². The molecule has 0 aliphatic rings. The van der Waals surface area contributed by atoms with Crippen LogP contribution in [0.4, 0.5) is 0 Å². The van der Waals surface area contributed by atoms with Crippen LogP contribution >= 0.6 is 0 Å². The molecule has 1 aromatic rings. The van der Waals surface area contributed by atoms with E-state index < -0.39 is 11.9 Å².